The Kier molecular flexibility index (Phi) is 7.87. The molecule has 6 nitrogen and oxygen atoms in total. The Bertz CT molecular complexity index is 895. The normalized spacial score (nSPS) is 13.6. The summed E-state index contributed by atoms with van der Waals surface area (Å²) in [4.78, 5) is 28.6. The van der Waals surface area contributed by atoms with Gasteiger partial charge in [-0.15, -0.1) is 0 Å². The van der Waals surface area contributed by atoms with Crippen LogP contribution in [0.25, 0.3) is 0 Å². The Morgan fingerprint density at radius 2 is 1.71 bits per heavy atom. The molecule has 2 amide bonds. The van der Waals surface area contributed by atoms with Gasteiger partial charge >= 0.3 is 0 Å². The first-order valence-corrected chi connectivity index (χ1v) is 10.6. The van der Waals surface area contributed by atoms with Crippen molar-refractivity contribution in [2.45, 2.75) is 32.7 Å². The van der Waals surface area contributed by atoms with Crippen LogP contribution in [0.5, 0.6) is 11.5 Å². The smallest absolute Gasteiger partial charge is 0.260 e. The van der Waals surface area contributed by atoms with E-state index in [0.717, 1.165) is 37.9 Å². The topological polar surface area (TPSA) is 59.1 Å². The molecule has 0 bridgehead atoms. The molecule has 3 rings (SSSR count). The largest absolute Gasteiger partial charge is 0.490 e. The van der Waals surface area contributed by atoms with Crippen molar-refractivity contribution in [3.63, 3.8) is 0 Å². The van der Waals surface area contributed by atoms with Crippen LogP contribution < -0.4 is 9.47 Å². The van der Waals surface area contributed by atoms with Crippen molar-refractivity contribution in [3.05, 3.63) is 59.4 Å². The zero-order valence-electron chi connectivity index (χ0n) is 18.1. The van der Waals surface area contributed by atoms with Gasteiger partial charge in [-0.05, 0) is 62.1 Å². The minimum Gasteiger partial charge on any atom is -0.490 e. The molecule has 1 saturated heterocycles. The Morgan fingerprint density at radius 3 is 2.39 bits per heavy atom. The van der Waals surface area contributed by atoms with Gasteiger partial charge in [0.2, 0.25) is 0 Å². The molecule has 0 saturated carbocycles. The Morgan fingerprint density at radius 1 is 1.00 bits per heavy atom. The fraction of sp³-hybridized carbons (Fsp3) is 0.417. The molecule has 2 aromatic carbocycles. The number of hydrogen-bond donors (Lipinski definition) is 0. The highest BCUT2D eigenvalue weighted by Crippen LogP contribution is 2.29. The first kappa shape index (κ1) is 22.6. The van der Waals surface area contributed by atoms with E-state index in [1.54, 1.807) is 42.3 Å². The van der Waals surface area contributed by atoms with Crippen LogP contribution in [-0.2, 0) is 11.3 Å². The molecule has 1 aliphatic rings. The molecule has 0 aliphatic carbocycles. The Labute approximate surface area is 182 Å². The number of benzene rings is 2. The average Bonchev–Trinajstić information content (AvgIpc) is 2.79. The first-order chi connectivity index (χ1) is 15.0. The second-order valence-corrected chi connectivity index (χ2v) is 7.61. The molecule has 1 aliphatic heterocycles. The third kappa shape index (κ3) is 6.20. The molecular formula is C24H29FN2O4. The van der Waals surface area contributed by atoms with Gasteiger partial charge in [-0.1, -0.05) is 12.1 Å². The van der Waals surface area contributed by atoms with Crippen LogP contribution >= 0.6 is 0 Å². The summed E-state index contributed by atoms with van der Waals surface area (Å²) >= 11 is 0. The van der Waals surface area contributed by atoms with Gasteiger partial charge in [0, 0.05) is 32.2 Å². The maximum absolute atomic E-state index is 13.1. The summed E-state index contributed by atoms with van der Waals surface area (Å²) in [5.41, 5.74) is 1.28. The number of piperidine rings is 1. The van der Waals surface area contributed by atoms with Crippen LogP contribution in [0.2, 0.25) is 0 Å². The van der Waals surface area contributed by atoms with Crippen molar-refractivity contribution in [2.24, 2.45) is 0 Å². The number of likely N-dealkylation sites (tertiary alicyclic amines) is 1. The zero-order valence-corrected chi connectivity index (χ0v) is 18.1. The average molecular weight is 429 g/mol. The van der Waals surface area contributed by atoms with E-state index in [4.69, 9.17) is 9.47 Å². The van der Waals surface area contributed by atoms with E-state index in [1.165, 1.54) is 12.1 Å². The molecule has 166 valence electrons. The summed E-state index contributed by atoms with van der Waals surface area (Å²) in [6.45, 7) is 4.09. The van der Waals surface area contributed by atoms with E-state index < -0.39 is 0 Å². The van der Waals surface area contributed by atoms with E-state index in [0.29, 0.717) is 30.2 Å². The second kappa shape index (κ2) is 10.8. The van der Waals surface area contributed by atoms with Crippen LogP contribution in [-0.4, -0.2) is 55.0 Å². The maximum atomic E-state index is 13.1. The van der Waals surface area contributed by atoms with E-state index in [2.05, 4.69) is 0 Å². The Hall–Kier alpha value is -3.09. The monoisotopic (exact) mass is 428 g/mol. The second-order valence-electron chi connectivity index (χ2n) is 7.61. The zero-order chi connectivity index (χ0) is 22.2. The van der Waals surface area contributed by atoms with E-state index in [1.807, 2.05) is 11.8 Å². The van der Waals surface area contributed by atoms with Crippen molar-refractivity contribution >= 4 is 11.8 Å². The summed E-state index contributed by atoms with van der Waals surface area (Å²) in [7, 11) is 1.69. The number of nitrogens with zero attached hydrogens (tertiary/aromatic N) is 2. The standard InChI is InChI=1S/C24H29FN2O4/c1-3-30-22-15-19(24(29)26(2)16-18-7-10-20(25)11-8-18)9-12-21(22)31-17-23(28)27-13-5-4-6-14-27/h7-12,15H,3-6,13-14,16-17H2,1-2H3. The van der Waals surface area contributed by atoms with Crippen LogP contribution in [0, 0.1) is 5.82 Å². The van der Waals surface area contributed by atoms with Crippen LogP contribution in [0.1, 0.15) is 42.1 Å². The van der Waals surface area contributed by atoms with Crippen molar-refractivity contribution in [1.82, 2.24) is 9.80 Å². The summed E-state index contributed by atoms with van der Waals surface area (Å²) in [5.74, 6) is 0.316. The third-order valence-electron chi connectivity index (χ3n) is 5.23. The minimum absolute atomic E-state index is 0.0404. The first-order valence-electron chi connectivity index (χ1n) is 10.6. The van der Waals surface area contributed by atoms with Crippen LogP contribution in [0.4, 0.5) is 4.39 Å². The van der Waals surface area contributed by atoms with E-state index in [9.17, 15) is 14.0 Å². The lowest BCUT2D eigenvalue weighted by atomic mass is 10.1. The quantitative estimate of drug-likeness (QED) is 0.640. The highest BCUT2D eigenvalue weighted by Gasteiger charge is 2.19. The number of halogens is 1. The molecule has 0 unspecified atom stereocenters. The predicted octanol–water partition coefficient (Wildman–Crippen LogP) is 3.89. The SMILES string of the molecule is CCOc1cc(C(=O)N(C)Cc2ccc(F)cc2)ccc1OCC(=O)N1CCCCC1. The van der Waals surface area contributed by atoms with Gasteiger partial charge in [0.15, 0.2) is 18.1 Å². The van der Waals surface area contributed by atoms with Gasteiger partial charge in [0.05, 0.1) is 6.61 Å². The molecule has 0 N–H and O–H groups in total. The molecular weight excluding hydrogens is 399 g/mol. The van der Waals surface area contributed by atoms with Crippen LogP contribution in [0.15, 0.2) is 42.5 Å². The van der Waals surface area contributed by atoms with Gasteiger partial charge in [-0.2, -0.15) is 0 Å². The number of carbonyl (C=O) groups is 2. The number of amides is 2. The van der Waals surface area contributed by atoms with Gasteiger partial charge in [0.25, 0.3) is 11.8 Å². The van der Waals surface area contributed by atoms with Crippen LogP contribution in [0.3, 0.4) is 0 Å². The molecule has 1 heterocycles. The summed E-state index contributed by atoms with van der Waals surface area (Å²) < 4.78 is 24.5. The summed E-state index contributed by atoms with van der Waals surface area (Å²) in [6, 6.07) is 11.0. The number of rotatable bonds is 8. The van der Waals surface area contributed by atoms with E-state index in [-0.39, 0.29) is 24.2 Å². The lowest BCUT2D eigenvalue weighted by molar-refractivity contribution is -0.134. The summed E-state index contributed by atoms with van der Waals surface area (Å²) in [6.07, 6.45) is 3.21. The molecule has 0 spiro atoms. The van der Waals surface area contributed by atoms with E-state index >= 15 is 0 Å². The molecule has 2 aromatic rings. The van der Waals surface area contributed by atoms with Crippen molar-refractivity contribution in [1.29, 1.82) is 0 Å². The molecule has 0 aromatic heterocycles. The fourth-order valence-electron chi connectivity index (χ4n) is 3.56. The molecule has 31 heavy (non-hydrogen) atoms. The maximum Gasteiger partial charge on any atom is 0.260 e. The minimum atomic E-state index is -0.312. The third-order valence-corrected chi connectivity index (χ3v) is 5.23. The Balaban J connectivity index is 1.66. The van der Waals surface area contributed by atoms with Crippen molar-refractivity contribution in [3.8, 4) is 11.5 Å². The fourth-order valence-corrected chi connectivity index (χ4v) is 3.56. The number of ether oxygens (including phenoxy) is 2. The summed E-state index contributed by atoms with van der Waals surface area (Å²) in [5, 5.41) is 0. The highest BCUT2D eigenvalue weighted by molar-refractivity contribution is 5.94. The highest BCUT2D eigenvalue weighted by atomic mass is 19.1. The molecule has 0 atom stereocenters. The molecule has 0 radical (unpaired) electrons. The number of hydrogen-bond acceptors (Lipinski definition) is 4. The van der Waals surface area contributed by atoms with Gasteiger partial charge in [-0.3, -0.25) is 9.59 Å². The predicted molar refractivity (Wildman–Crippen MR) is 116 cm³/mol. The lowest BCUT2D eigenvalue weighted by Gasteiger charge is -2.26. The molecule has 7 heteroatoms. The van der Waals surface area contributed by atoms with Crippen molar-refractivity contribution < 1.29 is 23.5 Å². The lowest BCUT2D eigenvalue weighted by Crippen LogP contribution is -2.38. The number of carbonyl (C=O) groups excluding carboxylic acids is 2. The van der Waals surface area contributed by atoms with Gasteiger partial charge in [-0.25, -0.2) is 4.39 Å². The van der Waals surface area contributed by atoms with Crippen molar-refractivity contribution in [2.75, 3.05) is 33.4 Å². The van der Waals surface area contributed by atoms with Gasteiger partial charge in [0.1, 0.15) is 5.82 Å². The molecule has 1 fully saturated rings. The van der Waals surface area contributed by atoms with Gasteiger partial charge < -0.3 is 19.3 Å².